The van der Waals surface area contributed by atoms with Crippen molar-refractivity contribution in [3.63, 3.8) is 0 Å². The normalized spacial score (nSPS) is 15.1. The molecule has 3 aromatic rings. The largest absolute Gasteiger partial charge is 0.369 e. The second-order valence-electron chi connectivity index (χ2n) is 7.19. The average Bonchev–Trinajstić information content (AvgIpc) is 3.34. The Morgan fingerprint density at radius 1 is 1.19 bits per heavy atom. The summed E-state index contributed by atoms with van der Waals surface area (Å²) >= 11 is 0. The first-order chi connectivity index (χ1) is 13.2. The van der Waals surface area contributed by atoms with E-state index < -0.39 is 0 Å². The molecule has 3 heterocycles. The van der Waals surface area contributed by atoms with Crippen molar-refractivity contribution in [2.45, 2.75) is 33.1 Å². The van der Waals surface area contributed by atoms with Crippen molar-refractivity contribution in [3.8, 4) is 11.1 Å². The van der Waals surface area contributed by atoms with E-state index in [0.29, 0.717) is 25.7 Å². The molecule has 7 nitrogen and oxygen atoms in total. The monoisotopic (exact) mass is 367 g/mol. The summed E-state index contributed by atoms with van der Waals surface area (Å²) in [6, 6.07) is 6.22. The zero-order chi connectivity index (χ0) is 18.6. The fourth-order valence-corrected chi connectivity index (χ4v) is 3.13. The van der Waals surface area contributed by atoms with Crippen LogP contribution in [-0.2, 0) is 16.0 Å². The van der Waals surface area contributed by atoms with Crippen LogP contribution in [0.15, 0.2) is 36.9 Å². The minimum Gasteiger partial charge on any atom is -0.369 e. The Morgan fingerprint density at radius 3 is 2.85 bits per heavy atom. The minimum atomic E-state index is -0.209. The molecule has 7 heteroatoms. The van der Waals surface area contributed by atoms with E-state index in [4.69, 9.17) is 9.47 Å². The molecule has 1 N–H and O–H groups in total. The van der Waals surface area contributed by atoms with E-state index in [9.17, 15) is 0 Å². The third-order valence-corrected chi connectivity index (χ3v) is 4.64. The van der Waals surface area contributed by atoms with Crippen LogP contribution in [0.2, 0.25) is 0 Å². The Balaban J connectivity index is 1.56. The van der Waals surface area contributed by atoms with E-state index in [2.05, 4.69) is 46.4 Å². The summed E-state index contributed by atoms with van der Waals surface area (Å²) in [6.07, 6.45) is 6.38. The summed E-state index contributed by atoms with van der Waals surface area (Å²) in [5.41, 5.74) is 3.07. The second kappa shape index (κ2) is 8.02. The lowest BCUT2D eigenvalue weighted by atomic mass is 10.1. The van der Waals surface area contributed by atoms with Gasteiger partial charge in [-0.05, 0) is 30.0 Å². The summed E-state index contributed by atoms with van der Waals surface area (Å²) in [4.78, 5) is 8.82. The van der Waals surface area contributed by atoms with Gasteiger partial charge >= 0.3 is 0 Å². The van der Waals surface area contributed by atoms with Crippen LogP contribution in [0.25, 0.3) is 22.0 Å². The first kappa shape index (κ1) is 17.9. The summed E-state index contributed by atoms with van der Waals surface area (Å²) in [7, 11) is 0. The lowest BCUT2D eigenvalue weighted by Crippen LogP contribution is -2.16. The van der Waals surface area contributed by atoms with E-state index in [-0.39, 0.29) is 6.29 Å². The summed E-state index contributed by atoms with van der Waals surface area (Å²) in [5.74, 6) is 1.53. The molecule has 0 saturated carbocycles. The first-order valence-corrected chi connectivity index (χ1v) is 9.44. The SMILES string of the molecule is CC(C)CCNc1ncnc2ccc(-c3cnn(CC4OCCO4)c3)cc12. The highest BCUT2D eigenvalue weighted by Crippen LogP contribution is 2.27. The number of rotatable bonds is 7. The maximum absolute atomic E-state index is 5.49. The first-order valence-electron chi connectivity index (χ1n) is 9.44. The Hall–Kier alpha value is -2.51. The highest BCUT2D eigenvalue weighted by atomic mass is 16.7. The van der Waals surface area contributed by atoms with Gasteiger partial charge in [-0.3, -0.25) is 4.68 Å². The number of benzene rings is 1. The number of hydrogen-bond donors (Lipinski definition) is 1. The van der Waals surface area contributed by atoms with Crippen molar-refractivity contribution in [1.82, 2.24) is 19.7 Å². The molecule has 0 unspecified atom stereocenters. The van der Waals surface area contributed by atoms with Gasteiger partial charge in [0.25, 0.3) is 0 Å². The van der Waals surface area contributed by atoms with Crippen molar-refractivity contribution in [2.75, 3.05) is 25.1 Å². The molecule has 4 rings (SSSR count). The Bertz CT molecular complexity index is 902. The standard InChI is InChI=1S/C20H25N5O2/c1-14(2)5-6-21-20-17-9-15(3-4-18(17)22-13-23-20)16-10-24-25(11-16)12-19-26-7-8-27-19/h3-4,9-11,13-14,19H,5-8,12H2,1-2H3,(H,21,22,23). The van der Waals surface area contributed by atoms with Gasteiger partial charge in [0.05, 0.1) is 31.5 Å². The zero-order valence-electron chi connectivity index (χ0n) is 15.8. The predicted octanol–water partition coefficient (Wildman–Crippen LogP) is 3.32. The third-order valence-electron chi connectivity index (χ3n) is 4.64. The molecule has 142 valence electrons. The molecule has 0 spiro atoms. The number of aromatic nitrogens is 4. The van der Waals surface area contributed by atoms with Crippen LogP contribution in [0.5, 0.6) is 0 Å². The van der Waals surface area contributed by atoms with Gasteiger partial charge in [0, 0.05) is 23.7 Å². The van der Waals surface area contributed by atoms with Crippen LogP contribution < -0.4 is 5.32 Å². The summed E-state index contributed by atoms with van der Waals surface area (Å²) in [5, 5.41) is 8.91. The van der Waals surface area contributed by atoms with Gasteiger partial charge in [0.15, 0.2) is 6.29 Å². The second-order valence-corrected chi connectivity index (χ2v) is 7.19. The molecule has 0 bridgehead atoms. The Morgan fingerprint density at radius 2 is 2.04 bits per heavy atom. The van der Waals surface area contributed by atoms with Crippen LogP contribution in [0.3, 0.4) is 0 Å². The van der Waals surface area contributed by atoms with E-state index in [0.717, 1.165) is 40.8 Å². The quantitative estimate of drug-likeness (QED) is 0.690. The van der Waals surface area contributed by atoms with E-state index in [1.807, 2.05) is 23.1 Å². The van der Waals surface area contributed by atoms with Crippen LogP contribution >= 0.6 is 0 Å². The van der Waals surface area contributed by atoms with E-state index in [1.165, 1.54) is 0 Å². The molecule has 27 heavy (non-hydrogen) atoms. The summed E-state index contributed by atoms with van der Waals surface area (Å²) < 4.78 is 12.8. The fourth-order valence-electron chi connectivity index (χ4n) is 3.13. The van der Waals surface area contributed by atoms with Crippen molar-refractivity contribution < 1.29 is 9.47 Å². The topological polar surface area (TPSA) is 74.1 Å². The van der Waals surface area contributed by atoms with Crippen molar-refractivity contribution in [2.24, 2.45) is 5.92 Å². The number of hydrogen-bond acceptors (Lipinski definition) is 6. The van der Waals surface area contributed by atoms with Crippen LogP contribution in [-0.4, -0.2) is 45.8 Å². The minimum absolute atomic E-state index is 0.209. The molecular weight excluding hydrogens is 342 g/mol. The summed E-state index contributed by atoms with van der Waals surface area (Å²) in [6.45, 7) is 7.23. The Labute approximate surface area is 158 Å². The number of fused-ring (bicyclic) bond motifs is 1. The molecule has 2 aromatic heterocycles. The number of nitrogens with zero attached hydrogens (tertiary/aromatic N) is 4. The smallest absolute Gasteiger partial charge is 0.177 e. The van der Waals surface area contributed by atoms with Gasteiger partial charge < -0.3 is 14.8 Å². The highest BCUT2D eigenvalue weighted by Gasteiger charge is 2.17. The van der Waals surface area contributed by atoms with Gasteiger partial charge in [-0.2, -0.15) is 5.10 Å². The van der Waals surface area contributed by atoms with E-state index >= 15 is 0 Å². The third kappa shape index (κ3) is 4.26. The highest BCUT2D eigenvalue weighted by molar-refractivity contribution is 5.92. The fraction of sp³-hybridized carbons (Fsp3) is 0.450. The van der Waals surface area contributed by atoms with E-state index in [1.54, 1.807) is 6.33 Å². The van der Waals surface area contributed by atoms with Crippen LogP contribution in [0.1, 0.15) is 20.3 Å². The van der Waals surface area contributed by atoms with Gasteiger partial charge in [-0.25, -0.2) is 9.97 Å². The maximum atomic E-state index is 5.49. The molecule has 0 amide bonds. The number of ether oxygens (including phenoxy) is 2. The predicted molar refractivity (Wildman–Crippen MR) is 104 cm³/mol. The van der Waals surface area contributed by atoms with Gasteiger partial charge in [-0.15, -0.1) is 0 Å². The molecule has 0 radical (unpaired) electrons. The molecule has 1 aliphatic heterocycles. The zero-order valence-corrected chi connectivity index (χ0v) is 15.8. The number of nitrogens with one attached hydrogen (secondary N) is 1. The van der Waals surface area contributed by atoms with Crippen molar-refractivity contribution in [1.29, 1.82) is 0 Å². The Kier molecular flexibility index (Phi) is 5.31. The lowest BCUT2D eigenvalue weighted by Gasteiger charge is -2.10. The van der Waals surface area contributed by atoms with Gasteiger partial charge in [0.2, 0.25) is 0 Å². The molecule has 1 aromatic carbocycles. The molecular formula is C20H25N5O2. The van der Waals surface area contributed by atoms with Gasteiger partial charge in [-0.1, -0.05) is 19.9 Å². The molecule has 0 aliphatic carbocycles. The van der Waals surface area contributed by atoms with Crippen molar-refractivity contribution in [3.05, 3.63) is 36.9 Å². The van der Waals surface area contributed by atoms with Gasteiger partial charge in [0.1, 0.15) is 12.1 Å². The maximum Gasteiger partial charge on any atom is 0.177 e. The molecule has 0 atom stereocenters. The average molecular weight is 367 g/mol. The molecule has 1 saturated heterocycles. The molecule has 1 fully saturated rings. The van der Waals surface area contributed by atoms with Crippen molar-refractivity contribution >= 4 is 16.7 Å². The number of anilines is 1. The lowest BCUT2D eigenvalue weighted by molar-refractivity contribution is -0.0545. The molecule has 1 aliphatic rings. The van der Waals surface area contributed by atoms with Crippen LogP contribution in [0.4, 0.5) is 5.82 Å². The van der Waals surface area contributed by atoms with Crippen LogP contribution in [0, 0.1) is 5.92 Å².